The third-order valence-corrected chi connectivity index (χ3v) is 7.22. The molecule has 7 heteroatoms. The van der Waals surface area contributed by atoms with Crippen molar-refractivity contribution >= 4 is 17.0 Å². The number of carbonyl (C=O) groups is 1. The quantitative estimate of drug-likeness (QED) is 0.409. The van der Waals surface area contributed by atoms with Crippen molar-refractivity contribution in [2.45, 2.75) is 52.5 Å². The van der Waals surface area contributed by atoms with Crippen LogP contribution in [-0.2, 0) is 0 Å². The second kappa shape index (κ2) is 7.27. The number of nitrogens with zero attached hydrogens (tertiary/aromatic N) is 4. The lowest BCUT2D eigenvalue weighted by atomic mass is 9.98. The summed E-state index contributed by atoms with van der Waals surface area (Å²) in [4.78, 5) is 20.8. The van der Waals surface area contributed by atoms with Gasteiger partial charge in [-0.2, -0.15) is 0 Å². The number of carboxylic acid groups (broad SMARTS) is 1. The van der Waals surface area contributed by atoms with Crippen LogP contribution in [0.25, 0.3) is 33.3 Å². The molecular weight excluding hydrogens is 416 g/mol. The standard InChI is InChI=1S/C26H26N4O3/c1-13-19(8-9-27-23(13)26(31)32)21-12-30(24(16-4-5-16)17-6-7-17)25-20(21)10-18(11-28-25)22-14(2)29-33-15(22)3/h8-12,16-17,24H,4-7H2,1-3H3,(H,31,32). The Morgan fingerprint density at radius 2 is 1.85 bits per heavy atom. The van der Waals surface area contributed by atoms with Crippen LogP contribution in [0.3, 0.4) is 0 Å². The van der Waals surface area contributed by atoms with Gasteiger partial charge in [-0.3, -0.25) is 0 Å². The lowest BCUT2D eigenvalue weighted by molar-refractivity contribution is 0.0689. The van der Waals surface area contributed by atoms with E-state index in [1.54, 1.807) is 6.20 Å². The highest BCUT2D eigenvalue weighted by molar-refractivity contribution is 5.99. The van der Waals surface area contributed by atoms with E-state index < -0.39 is 5.97 Å². The van der Waals surface area contributed by atoms with Gasteiger partial charge >= 0.3 is 5.97 Å². The third kappa shape index (κ3) is 3.25. The summed E-state index contributed by atoms with van der Waals surface area (Å²) in [6.07, 6.45) is 10.8. The molecular formula is C26H26N4O3. The number of fused-ring (bicyclic) bond motifs is 1. The average Bonchev–Trinajstić information content (AvgIpc) is 3.72. The van der Waals surface area contributed by atoms with E-state index in [1.165, 1.54) is 25.7 Å². The predicted molar refractivity (Wildman–Crippen MR) is 124 cm³/mol. The zero-order valence-electron chi connectivity index (χ0n) is 19.0. The van der Waals surface area contributed by atoms with E-state index in [0.29, 0.717) is 23.4 Å². The van der Waals surface area contributed by atoms with E-state index >= 15 is 0 Å². The summed E-state index contributed by atoms with van der Waals surface area (Å²) in [6, 6.07) is 4.52. The monoisotopic (exact) mass is 442 g/mol. The van der Waals surface area contributed by atoms with Gasteiger partial charge in [0.05, 0.1) is 5.69 Å². The second-order valence-corrected chi connectivity index (χ2v) is 9.55. The normalized spacial score (nSPS) is 16.1. The number of hydrogen-bond donors (Lipinski definition) is 1. The number of aryl methyl sites for hydroxylation is 2. The Morgan fingerprint density at radius 3 is 2.45 bits per heavy atom. The number of hydrogen-bond acceptors (Lipinski definition) is 5. The van der Waals surface area contributed by atoms with Gasteiger partial charge < -0.3 is 14.2 Å². The van der Waals surface area contributed by atoms with Crippen molar-refractivity contribution in [2.75, 3.05) is 0 Å². The molecule has 0 unspecified atom stereocenters. The van der Waals surface area contributed by atoms with Crippen molar-refractivity contribution in [2.24, 2.45) is 11.8 Å². The van der Waals surface area contributed by atoms with Crippen molar-refractivity contribution in [3.63, 3.8) is 0 Å². The van der Waals surface area contributed by atoms with E-state index in [1.807, 2.05) is 33.0 Å². The lowest BCUT2D eigenvalue weighted by Crippen LogP contribution is -2.13. The summed E-state index contributed by atoms with van der Waals surface area (Å²) in [5, 5.41) is 14.8. The van der Waals surface area contributed by atoms with E-state index in [0.717, 1.165) is 44.7 Å². The molecule has 0 spiro atoms. The average molecular weight is 443 g/mol. The first kappa shape index (κ1) is 20.1. The number of rotatable bonds is 6. The van der Waals surface area contributed by atoms with Crippen molar-refractivity contribution in [1.82, 2.24) is 19.7 Å². The van der Waals surface area contributed by atoms with E-state index in [4.69, 9.17) is 9.51 Å². The number of pyridine rings is 2. The zero-order chi connectivity index (χ0) is 22.9. The van der Waals surface area contributed by atoms with Crippen LogP contribution in [0.1, 0.15) is 59.2 Å². The maximum atomic E-state index is 11.8. The van der Waals surface area contributed by atoms with Gasteiger partial charge in [0, 0.05) is 46.7 Å². The van der Waals surface area contributed by atoms with Crippen molar-refractivity contribution in [3.8, 4) is 22.3 Å². The van der Waals surface area contributed by atoms with Gasteiger partial charge in [-0.15, -0.1) is 0 Å². The van der Waals surface area contributed by atoms with Crippen LogP contribution < -0.4 is 0 Å². The summed E-state index contributed by atoms with van der Waals surface area (Å²) < 4.78 is 7.78. The molecule has 0 bridgehead atoms. The predicted octanol–water partition coefficient (Wildman–Crippen LogP) is 5.74. The molecule has 2 saturated carbocycles. The molecule has 0 saturated heterocycles. The van der Waals surface area contributed by atoms with Gasteiger partial charge in [0.25, 0.3) is 0 Å². The van der Waals surface area contributed by atoms with Gasteiger partial charge in [0.2, 0.25) is 0 Å². The van der Waals surface area contributed by atoms with E-state index in [-0.39, 0.29) is 5.69 Å². The Kier molecular flexibility index (Phi) is 4.44. The molecule has 0 radical (unpaired) electrons. The molecule has 0 atom stereocenters. The minimum Gasteiger partial charge on any atom is -0.477 e. The fourth-order valence-corrected chi connectivity index (χ4v) is 5.36. The van der Waals surface area contributed by atoms with Gasteiger partial charge in [-0.05, 0) is 81.5 Å². The summed E-state index contributed by atoms with van der Waals surface area (Å²) in [7, 11) is 0. The SMILES string of the molecule is Cc1noc(C)c1-c1cnc2c(c1)c(-c1ccnc(C(=O)O)c1C)cn2C(C1CC1)C1CC1. The molecule has 4 aromatic heterocycles. The fraction of sp³-hybridized carbons (Fsp3) is 0.385. The molecule has 4 heterocycles. The highest BCUT2D eigenvalue weighted by Crippen LogP contribution is 2.53. The summed E-state index contributed by atoms with van der Waals surface area (Å²) in [5.74, 6) is 1.16. The first-order chi connectivity index (χ1) is 15.9. The minimum atomic E-state index is -1.01. The van der Waals surface area contributed by atoms with Crippen LogP contribution >= 0.6 is 0 Å². The van der Waals surface area contributed by atoms with Crippen LogP contribution in [0.5, 0.6) is 0 Å². The van der Waals surface area contributed by atoms with Crippen LogP contribution in [-0.4, -0.2) is 30.8 Å². The molecule has 7 nitrogen and oxygen atoms in total. The molecule has 6 rings (SSSR count). The molecule has 2 aliphatic carbocycles. The Labute approximate surface area is 191 Å². The van der Waals surface area contributed by atoms with Crippen LogP contribution in [0, 0.1) is 32.6 Å². The van der Waals surface area contributed by atoms with Crippen molar-refractivity contribution in [1.29, 1.82) is 0 Å². The molecule has 168 valence electrons. The third-order valence-electron chi connectivity index (χ3n) is 7.22. The first-order valence-electron chi connectivity index (χ1n) is 11.6. The lowest BCUT2D eigenvalue weighted by Gasteiger charge is -2.18. The van der Waals surface area contributed by atoms with Crippen LogP contribution in [0.15, 0.2) is 35.2 Å². The fourth-order valence-electron chi connectivity index (χ4n) is 5.36. The maximum Gasteiger partial charge on any atom is 0.354 e. The largest absolute Gasteiger partial charge is 0.477 e. The summed E-state index contributed by atoms with van der Waals surface area (Å²) >= 11 is 0. The first-order valence-corrected chi connectivity index (χ1v) is 11.6. The number of aromatic nitrogens is 4. The molecule has 2 fully saturated rings. The van der Waals surface area contributed by atoms with Gasteiger partial charge in [-0.25, -0.2) is 14.8 Å². The van der Waals surface area contributed by atoms with Crippen LogP contribution in [0.4, 0.5) is 0 Å². The Morgan fingerprint density at radius 1 is 1.12 bits per heavy atom. The minimum absolute atomic E-state index is 0.0872. The van der Waals surface area contributed by atoms with Crippen LogP contribution in [0.2, 0.25) is 0 Å². The zero-order valence-corrected chi connectivity index (χ0v) is 19.0. The van der Waals surface area contributed by atoms with E-state index in [2.05, 4.69) is 27.0 Å². The van der Waals surface area contributed by atoms with Gasteiger partial charge in [0.1, 0.15) is 11.4 Å². The molecule has 33 heavy (non-hydrogen) atoms. The van der Waals surface area contributed by atoms with Crippen molar-refractivity contribution < 1.29 is 14.4 Å². The van der Waals surface area contributed by atoms with Gasteiger partial charge in [0.15, 0.2) is 5.69 Å². The smallest absolute Gasteiger partial charge is 0.354 e. The maximum absolute atomic E-state index is 11.8. The van der Waals surface area contributed by atoms with E-state index in [9.17, 15) is 9.90 Å². The Hall–Kier alpha value is -3.48. The molecule has 2 aliphatic rings. The topological polar surface area (TPSA) is 94.0 Å². The van der Waals surface area contributed by atoms with Gasteiger partial charge in [-0.1, -0.05) is 5.16 Å². The summed E-state index contributed by atoms with van der Waals surface area (Å²) in [5.41, 5.74) is 6.34. The molecule has 0 aliphatic heterocycles. The number of aromatic carboxylic acids is 1. The molecule has 4 aromatic rings. The number of carboxylic acids is 1. The highest BCUT2D eigenvalue weighted by Gasteiger charge is 2.43. The summed E-state index contributed by atoms with van der Waals surface area (Å²) in [6.45, 7) is 5.68. The molecule has 0 amide bonds. The highest BCUT2D eigenvalue weighted by atomic mass is 16.5. The molecule has 0 aromatic carbocycles. The Balaban J connectivity index is 1.61. The Bertz CT molecular complexity index is 1380. The second-order valence-electron chi connectivity index (χ2n) is 9.55. The molecule has 1 N–H and O–H groups in total. The van der Waals surface area contributed by atoms with Crippen molar-refractivity contribution in [3.05, 3.63) is 53.4 Å².